The molecule has 2 heteroatoms. The Labute approximate surface area is 143 Å². The molecule has 5 atom stereocenters. The second-order valence-electron chi connectivity index (χ2n) is 8.91. The maximum Gasteiger partial charge on any atom is 0.182 e. The number of hydrogen-bond donors (Lipinski definition) is 0. The second-order valence-corrected chi connectivity index (χ2v) is 8.91. The molecule has 134 valence electrons. The topological polar surface area (TPSA) is 34.1 Å². The third-order valence-electron chi connectivity index (χ3n) is 7.60. The van der Waals surface area contributed by atoms with Crippen molar-refractivity contribution in [3.05, 3.63) is 0 Å². The first-order valence-corrected chi connectivity index (χ1v) is 9.63. The first kappa shape index (κ1) is 20.4. The van der Waals surface area contributed by atoms with Crippen LogP contribution in [0.3, 0.4) is 0 Å². The molecule has 0 saturated heterocycles. The molecule has 0 bridgehead atoms. The molecule has 2 rings (SSSR count). The van der Waals surface area contributed by atoms with Gasteiger partial charge in [-0.2, -0.15) is 0 Å². The lowest BCUT2D eigenvalue weighted by atomic mass is 9.50. The van der Waals surface area contributed by atoms with E-state index in [-0.39, 0.29) is 12.6 Å². The smallest absolute Gasteiger partial charge is 0.182 e. The van der Waals surface area contributed by atoms with Gasteiger partial charge in [0.15, 0.2) is 12.6 Å². The summed E-state index contributed by atoms with van der Waals surface area (Å²) in [5.41, 5.74) is 1.19. The zero-order valence-electron chi connectivity index (χ0n) is 16.2. The molecular weight excluding hydrogens is 284 g/mol. The van der Waals surface area contributed by atoms with E-state index >= 15 is 0 Å². The third-order valence-corrected chi connectivity index (χ3v) is 7.60. The van der Waals surface area contributed by atoms with Crippen LogP contribution in [0.1, 0.15) is 86.5 Å². The van der Waals surface area contributed by atoms with E-state index in [9.17, 15) is 0 Å². The summed E-state index contributed by atoms with van der Waals surface area (Å²) in [6.45, 7) is 15.1. The van der Waals surface area contributed by atoms with Crippen LogP contribution in [0.2, 0.25) is 0 Å². The van der Waals surface area contributed by atoms with Gasteiger partial charge in [0.1, 0.15) is 0 Å². The van der Waals surface area contributed by atoms with Crippen molar-refractivity contribution in [3.63, 3.8) is 0 Å². The number of carbonyl (C=O) groups is 2. The molecule has 0 aromatic rings. The summed E-state index contributed by atoms with van der Waals surface area (Å²) in [6.07, 6.45) is 10.7. The molecule has 0 spiro atoms. The van der Waals surface area contributed by atoms with Crippen LogP contribution in [-0.4, -0.2) is 12.6 Å². The number of rotatable bonds is 3. The second kappa shape index (κ2) is 8.44. The molecule has 2 nitrogen and oxygen atoms in total. The molecule has 2 fully saturated rings. The van der Waals surface area contributed by atoms with Crippen LogP contribution < -0.4 is 0 Å². The molecular formula is C21H38O2. The number of aldehydes is 2. The standard InChI is InChI=1S/C19H36.C2H2O2/c1-7-16-10-8-9-12-19(16,6)17-11-13-18(4,5)15(3)14(17)2;3-1-2-4/h14-17H,7-13H2,1-6H3;1-2H. The van der Waals surface area contributed by atoms with E-state index < -0.39 is 0 Å². The molecule has 0 aromatic carbocycles. The largest absolute Gasteiger partial charge is 0.295 e. The van der Waals surface area contributed by atoms with E-state index in [1.54, 1.807) is 0 Å². The van der Waals surface area contributed by atoms with Gasteiger partial charge in [0.2, 0.25) is 0 Å². The molecule has 0 heterocycles. The fraction of sp³-hybridized carbons (Fsp3) is 0.905. The van der Waals surface area contributed by atoms with Crippen LogP contribution in [0, 0.1) is 34.5 Å². The molecule has 2 aliphatic rings. The summed E-state index contributed by atoms with van der Waals surface area (Å²) >= 11 is 0. The van der Waals surface area contributed by atoms with Crippen LogP contribution in [0.4, 0.5) is 0 Å². The predicted molar refractivity (Wildman–Crippen MR) is 97.3 cm³/mol. The number of hydrogen-bond acceptors (Lipinski definition) is 2. The Morgan fingerprint density at radius 3 is 2.09 bits per heavy atom. The van der Waals surface area contributed by atoms with Gasteiger partial charge in [0.25, 0.3) is 0 Å². The zero-order valence-corrected chi connectivity index (χ0v) is 16.2. The Bertz CT molecular complexity index is 381. The van der Waals surface area contributed by atoms with Crippen LogP contribution in [0.5, 0.6) is 0 Å². The minimum Gasteiger partial charge on any atom is -0.295 e. The average Bonchev–Trinajstić information content (AvgIpc) is 2.53. The van der Waals surface area contributed by atoms with E-state index in [4.69, 9.17) is 9.59 Å². The van der Waals surface area contributed by atoms with E-state index in [0.717, 1.165) is 23.7 Å². The van der Waals surface area contributed by atoms with E-state index in [0.29, 0.717) is 10.8 Å². The quantitative estimate of drug-likeness (QED) is 0.494. The number of carbonyl (C=O) groups excluding carboxylic acids is 2. The minimum absolute atomic E-state index is 0.194. The van der Waals surface area contributed by atoms with Crippen LogP contribution >= 0.6 is 0 Å². The molecule has 0 radical (unpaired) electrons. The van der Waals surface area contributed by atoms with Gasteiger partial charge >= 0.3 is 0 Å². The first-order chi connectivity index (χ1) is 10.7. The third kappa shape index (κ3) is 4.45. The highest BCUT2D eigenvalue weighted by molar-refractivity contribution is 6.09. The maximum atomic E-state index is 8.81. The van der Waals surface area contributed by atoms with Gasteiger partial charge in [-0.1, -0.05) is 60.8 Å². The van der Waals surface area contributed by atoms with E-state index in [1.807, 2.05) is 0 Å². The Morgan fingerprint density at radius 1 is 0.957 bits per heavy atom. The van der Waals surface area contributed by atoms with E-state index in [2.05, 4.69) is 41.5 Å². The van der Waals surface area contributed by atoms with Crippen molar-refractivity contribution in [2.45, 2.75) is 86.5 Å². The van der Waals surface area contributed by atoms with Crippen molar-refractivity contribution in [2.24, 2.45) is 34.5 Å². The first-order valence-electron chi connectivity index (χ1n) is 9.63. The van der Waals surface area contributed by atoms with Crippen molar-refractivity contribution in [2.75, 3.05) is 0 Å². The van der Waals surface area contributed by atoms with Gasteiger partial charge in [-0.25, -0.2) is 0 Å². The average molecular weight is 323 g/mol. The lowest BCUT2D eigenvalue weighted by Gasteiger charge is -2.55. The summed E-state index contributed by atoms with van der Waals surface area (Å²) in [6, 6.07) is 0. The zero-order chi connectivity index (χ0) is 17.7. The van der Waals surface area contributed by atoms with Crippen molar-refractivity contribution in [1.29, 1.82) is 0 Å². The van der Waals surface area contributed by atoms with Crippen molar-refractivity contribution >= 4 is 12.6 Å². The predicted octanol–water partition coefficient (Wildman–Crippen LogP) is 5.69. The molecule has 2 aliphatic carbocycles. The normalized spacial score (nSPS) is 39.7. The Morgan fingerprint density at radius 2 is 1.57 bits per heavy atom. The van der Waals surface area contributed by atoms with Gasteiger partial charge in [0.05, 0.1) is 0 Å². The summed E-state index contributed by atoms with van der Waals surface area (Å²) < 4.78 is 0. The van der Waals surface area contributed by atoms with Crippen LogP contribution in [0.15, 0.2) is 0 Å². The summed E-state index contributed by atoms with van der Waals surface area (Å²) in [5.74, 6) is 3.74. The highest BCUT2D eigenvalue weighted by Crippen LogP contribution is 2.58. The molecule has 0 aromatic heterocycles. The molecule has 2 saturated carbocycles. The van der Waals surface area contributed by atoms with Gasteiger partial charge in [-0.15, -0.1) is 0 Å². The van der Waals surface area contributed by atoms with Gasteiger partial charge in [-0.05, 0) is 60.2 Å². The van der Waals surface area contributed by atoms with Crippen molar-refractivity contribution in [1.82, 2.24) is 0 Å². The Balaban J connectivity index is 0.000000593. The lowest BCUT2D eigenvalue weighted by molar-refractivity contribution is -0.122. The molecule has 0 aliphatic heterocycles. The Hall–Kier alpha value is -0.660. The summed E-state index contributed by atoms with van der Waals surface area (Å²) in [4.78, 5) is 17.6. The highest BCUT2D eigenvalue weighted by atomic mass is 16.2. The fourth-order valence-electron chi connectivity index (χ4n) is 5.60. The highest BCUT2D eigenvalue weighted by Gasteiger charge is 2.49. The van der Waals surface area contributed by atoms with Gasteiger partial charge in [-0.3, -0.25) is 9.59 Å². The fourth-order valence-corrected chi connectivity index (χ4v) is 5.60. The lowest BCUT2D eigenvalue weighted by Crippen LogP contribution is -2.47. The maximum absolute atomic E-state index is 8.81. The van der Waals surface area contributed by atoms with Crippen molar-refractivity contribution < 1.29 is 9.59 Å². The molecule has 0 N–H and O–H groups in total. The molecule has 0 amide bonds. The van der Waals surface area contributed by atoms with Gasteiger partial charge < -0.3 is 0 Å². The van der Waals surface area contributed by atoms with Crippen molar-refractivity contribution in [3.8, 4) is 0 Å². The van der Waals surface area contributed by atoms with Crippen LogP contribution in [0.25, 0.3) is 0 Å². The monoisotopic (exact) mass is 322 g/mol. The Kier molecular flexibility index (Phi) is 7.48. The summed E-state index contributed by atoms with van der Waals surface area (Å²) in [7, 11) is 0. The SMILES string of the molecule is CCC1CCCCC1(C)C1CCC(C)(C)C(C)C1C.O=CC=O. The molecule has 23 heavy (non-hydrogen) atoms. The minimum atomic E-state index is 0.194. The van der Waals surface area contributed by atoms with E-state index in [1.165, 1.54) is 44.9 Å². The van der Waals surface area contributed by atoms with Crippen LogP contribution in [-0.2, 0) is 9.59 Å². The summed E-state index contributed by atoms with van der Waals surface area (Å²) in [5, 5.41) is 0. The van der Waals surface area contributed by atoms with Gasteiger partial charge in [0, 0.05) is 0 Å². The molecule has 5 unspecified atom stereocenters.